The SMILES string of the molecule is COc1ccc(NC(=O)NCc2ccc(N3C(=O)C4C5C=CC(CC5)C4C3=O)cc2)cc1. The maximum absolute atomic E-state index is 13.1. The standard InChI is InChI=1S/C25H25N3O4/c1-32-20-12-8-18(9-13-20)27-25(31)26-14-15-2-10-19(11-3-15)28-23(29)21-16-4-5-17(7-6-16)22(21)24(28)30/h2-5,8-13,16-17,21-22H,6-7,14H2,1H3,(H2,26,27,31). The summed E-state index contributed by atoms with van der Waals surface area (Å²) in [5.41, 5.74) is 2.13. The number of anilines is 2. The highest BCUT2D eigenvalue weighted by molar-refractivity contribution is 6.22. The molecule has 4 atom stereocenters. The topological polar surface area (TPSA) is 87.7 Å². The van der Waals surface area contributed by atoms with Crippen molar-refractivity contribution in [1.29, 1.82) is 0 Å². The number of amides is 4. The first-order chi connectivity index (χ1) is 15.5. The molecule has 7 heteroatoms. The molecule has 0 aromatic heterocycles. The number of fused-ring (bicyclic) bond motifs is 1. The zero-order valence-electron chi connectivity index (χ0n) is 17.8. The number of hydrogen-bond donors (Lipinski definition) is 2. The van der Waals surface area contributed by atoms with Crippen LogP contribution in [0.2, 0.25) is 0 Å². The van der Waals surface area contributed by atoms with Gasteiger partial charge in [0, 0.05) is 12.2 Å². The first-order valence-electron chi connectivity index (χ1n) is 10.9. The van der Waals surface area contributed by atoms with E-state index in [4.69, 9.17) is 4.74 Å². The second kappa shape index (κ2) is 8.15. The minimum Gasteiger partial charge on any atom is -0.497 e. The Hall–Kier alpha value is -3.61. The fraction of sp³-hybridized carbons (Fsp3) is 0.320. The van der Waals surface area contributed by atoms with Crippen LogP contribution in [0.15, 0.2) is 60.7 Å². The summed E-state index contributed by atoms with van der Waals surface area (Å²) < 4.78 is 5.10. The van der Waals surface area contributed by atoms with Crippen molar-refractivity contribution in [3.63, 3.8) is 0 Å². The van der Waals surface area contributed by atoms with Gasteiger partial charge in [-0.15, -0.1) is 0 Å². The third-order valence-corrected chi connectivity index (χ3v) is 6.75. The van der Waals surface area contributed by atoms with Crippen LogP contribution < -0.4 is 20.3 Å². The molecular weight excluding hydrogens is 406 g/mol. The Kier molecular flexibility index (Phi) is 5.17. The number of urea groups is 1. The molecule has 4 amide bonds. The number of nitrogens with one attached hydrogen (secondary N) is 2. The number of allylic oxidation sites excluding steroid dienone is 2. The Morgan fingerprint density at radius 2 is 1.53 bits per heavy atom. The van der Waals surface area contributed by atoms with E-state index in [1.165, 1.54) is 4.90 Å². The molecule has 0 radical (unpaired) electrons. The summed E-state index contributed by atoms with van der Waals surface area (Å²) in [5.74, 6) is 0.489. The summed E-state index contributed by atoms with van der Waals surface area (Å²) in [6, 6.07) is 14.0. The zero-order valence-corrected chi connectivity index (χ0v) is 17.8. The van der Waals surface area contributed by atoms with Crippen molar-refractivity contribution in [3.8, 4) is 5.75 Å². The van der Waals surface area contributed by atoms with Crippen LogP contribution in [0.1, 0.15) is 18.4 Å². The van der Waals surface area contributed by atoms with Crippen LogP contribution in [0.5, 0.6) is 5.75 Å². The molecule has 1 saturated heterocycles. The smallest absolute Gasteiger partial charge is 0.319 e. The molecule has 4 unspecified atom stereocenters. The average molecular weight is 431 g/mol. The van der Waals surface area contributed by atoms with E-state index in [1.54, 1.807) is 43.5 Å². The van der Waals surface area contributed by atoms with Gasteiger partial charge in [-0.1, -0.05) is 24.3 Å². The number of ether oxygens (including phenoxy) is 1. The lowest BCUT2D eigenvalue weighted by Crippen LogP contribution is -2.38. The highest BCUT2D eigenvalue weighted by atomic mass is 16.5. The number of carbonyl (C=O) groups is 3. The molecule has 32 heavy (non-hydrogen) atoms. The number of hydrogen-bond acceptors (Lipinski definition) is 4. The van der Waals surface area contributed by atoms with Gasteiger partial charge in [-0.25, -0.2) is 4.79 Å². The van der Waals surface area contributed by atoms with Gasteiger partial charge < -0.3 is 15.4 Å². The van der Waals surface area contributed by atoms with Crippen LogP contribution >= 0.6 is 0 Å². The molecular formula is C25H25N3O4. The Balaban J connectivity index is 1.20. The van der Waals surface area contributed by atoms with E-state index in [-0.39, 0.29) is 41.5 Å². The van der Waals surface area contributed by atoms with Crippen molar-refractivity contribution in [3.05, 3.63) is 66.2 Å². The molecule has 2 N–H and O–H groups in total. The van der Waals surface area contributed by atoms with Crippen LogP contribution in [0.4, 0.5) is 16.2 Å². The Bertz CT molecular complexity index is 1050. The molecule has 1 saturated carbocycles. The lowest BCUT2D eigenvalue weighted by molar-refractivity contribution is -0.124. The second-order valence-electron chi connectivity index (χ2n) is 8.56. The normalized spacial score (nSPS) is 25.6. The van der Waals surface area contributed by atoms with Gasteiger partial charge in [0.2, 0.25) is 11.8 Å². The molecule has 1 heterocycles. The monoisotopic (exact) mass is 431 g/mol. The molecule has 2 bridgehead atoms. The minimum atomic E-state index is -0.323. The molecule has 4 aliphatic rings. The average Bonchev–Trinajstić information content (AvgIpc) is 3.11. The van der Waals surface area contributed by atoms with Crippen molar-refractivity contribution >= 4 is 29.2 Å². The molecule has 2 aromatic rings. The molecule has 2 aromatic carbocycles. The predicted molar refractivity (Wildman–Crippen MR) is 120 cm³/mol. The van der Waals surface area contributed by atoms with Gasteiger partial charge in [-0.3, -0.25) is 14.5 Å². The van der Waals surface area contributed by atoms with Crippen LogP contribution in [0.25, 0.3) is 0 Å². The van der Waals surface area contributed by atoms with Crippen molar-refractivity contribution in [2.75, 3.05) is 17.3 Å². The van der Waals surface area contributed by atoms with E-state index in [0.29, 0.717) is 23.7 Å². The van der Waals surface area contributed by atoms with E-state index < -0.39 is 0 Å². The van der Waals surface area contributed by atoms with Crippen molar-refractivity contribution in [1.82, 2.24) is 5.32 Å². The Labute approximate surface area is 186 Å². The number of benzene rings is 2. The van der Waals surface area contributed by atoms with Crippen molar-refractivity contribution < 1.29 is 19.1 Å². The number of imide groups is 1. The fourth-order valence-corrected chi connectivity index (χ4v) is 5.12. The summed E-state index contributed by atoms with van der Waals surface area (Å²) in [5, 5.41) is 5.57. The van der Waals surface area contributed by atoms with Crippen LogP contribution in [-0.2, 0) is 16.1 Å². The third-order valence-electron chi connectivity index (χ3n) is 6.75. The van der Waals surface area contributed by atoms with E-state index in [0.717, 1.165) is 18.4 Å². The summed E-state index contributed by atoms with van der Waals surface area (Å²) >= 11 is 0. The predicted octanol–water partition coefficient (Wildman–Crippen LogP) is 3.72. The van der Waals surface area contributed by atoms with Gasteiger partial charge in [-0.2, -0.15) is 0 Å². The molecule has 164 valence electrons. The maximum atomic E-state index is 13.1. The van der Waals surface area contributed by atoms with Crippen LogP contribution in [0.3, 0.4) is 0 Å². The van der Waals surface area contributed by atoms with Crippen molar-refractivity contribution in [2.24, 2.45) is 23.7 Å². The number of nitrogens with zero attached hydrogens (tertiary/aromatic N) is 1. The maximum Gasteiger partial charge on any atom is 0.319 e. The summed E-state index contributed by atoms with van der Waals surface area (Å²) in [7, 11) is 1.59. The summed E-state index contributed by atoms with van der Waals surface area (Å²) in [6.45, 7) is 0.323. The van der Waals surface area contributed by atoms with E-state index in [9.17, 15) is 14.4 Å². The van der Waals surface area contributed by atoms with Gasteiger partial charge in [0.25, 0.3) is 0 Å². The minimum absolute atomic E-state index is 0.0798. The lowest BCUT2D eigenvalue weighted by atomic mass is 9.63. The largest absolute Gasteiger partial charge is 0.497 e. The van der Waals surface area contributed by atoms with Crippen LogP contribution in [-0.4, -0.2) is 25.0 Å². The molecule has 2 fully saturated rings. The number of carbonyl (C=O) groups excluding carboxylic acids is 3. The Morgan fingerprint density at radius 1 is 0.938 bits per heavy atom. The molecule has 1 aliphatic heterocycles. The molecule has 7 nitrogen and oxygen atoms in total. The second-order valence-corrected chi connectivity index (χ2v) is 8.56. The van der Waals surface area contributed by atoms with E-state index in [2.05, 4.69) is 22.8 Å². The first kappa shape index (κ1) is 20.3. The van der Waals surface area contributed by atoms with E-state index >= 15 is 0 Å². The lowest BCUT2D eigenvalue weighted by Gasteiger charge is -2.38. The summed E-state index contributed by atoms with van der Waals surface area (Å²) in [6.07, 6.45) is 6.21. The van der Waals surface area contributed by atoms with Gasteiger partial charge in [0.1, 0.15) is 5.75 Å². The quantitative estimate of drug-likeness (QED) is 0.558. The van der Waals surface area contributed by atoms with Crippen molar-refractivity contribution in [2.45, 2.75) is 19.4 Å². The van der Waals surface area contributed by atoms with Gasteiger partial charge in [0.15, 0.2) is 0 Å². The highest BCUT2D eigenvalue weighted by Gasteiger charge is 2.56. The molecule has 3 aliphatic carbocycles. The van der Waals surface area contributed by atoms with Gasteiger partial charge in [-0.05, 0) is 66.6 Å². The zero-order chi connectivity index (χ0) is 22.2. The van der Waals surface area contributed by atoms with Gasteiger partial charge in [0.05, 0.1) is 24.6 Å². The van der Waals surface area contributed by atoms with Gasteiger partial charge >= 0.3 is 6.03 Å². The molecule has 0 spiro atoms. The Morgan fingerprint density at radius 3 is 2.06 bits per heavy atom. The summed E-state index contributed by atoms with van der Waals surface area (Å²) in [4.78, 5) is 39.6. The van der Waals surface area contributed by atoms with Crippen LogP contribution in [0, 0.1) is 23.7 Å². The van der Waals surface area contributed by atoms with E-state index in [1.807, 2.05) is 12.1 Å². The number of rotatable bonds is 5. The highest BCUT2D eigenvalue weighted by Crippen LogP contribution is 2.50. The third kappa shape index (κ3) is 3.53. The number of methoxy groups -OCH3 is 1. The molecule has 6 rings (SSSR count). The fourth-order valence-electron chi connectivity index (χ4n) is 5.12. The first-order valence-corrected chi connectivity index (χ1v) is 10.9.